The number of allylic oxidation sites excluding steroid dienone is 1. The van der Waals surface area contributed by atoms with E-state index in [0.29, 0.717) is 30.2 Å². The summed E-state index contributed by atoms with van der Waals surface area (Å²) < 4.78 is 0. The van der Waals surface area contributed by atoms with Crippen molar-refractivity contribution in [3.8, 4) is 22.6 Å². The van der Waals surface area contributed by atoms with Crippen molar-refractivity contribution >= 4 is 40.0 Å². The third-order valence-corrected chi connectivity index (χ3v) is 7.77. The zero-order valence-corrected chi connectivity index (χ0v) is 22.7. The first kappa shape index (κ1) is 25.0. The molecule has 0 aliphatic carbocycles. The molecule has 0 radical (unpaired) electrons. The first-order chi connectivity index (χ1) is 20.0. The molecule has 0 spiro atoms. The largest absolute Gasteiger partial charge is 0.335 e. The number of rotatable bonds is 4. The van der Waals surface area contributed by atoms with Crippen molar-refractivity contribution in [3.63, 3.8) is 0 Å². The van der Waals surface area contributed by atoms with Crippen molar-refractivity contribution in [2.75, 3.05) is 33.2 Å². The summed E-state index contributed by atoms with van der Waals surface area (Å²) in [6, 6.07) is 7.54. The average Bonchev–Trinajstić information content (AvgIpc) is 3.63. The van der Waals surface area contributed by atoms with E-state index in [4.69, 9.17) is 4.98 Å². The molecule has 1 fully saturated rings. The number of likely N-dealkylation sites (N-methyl/N-ethyl adjacent to an activating group) is 1. The second-order valence-electron chi connectivity index (χ2n) is 10.5. The third kappa shape index (κ3) is 4.72. The van der Waals surface area contributed by atoms with Gasteiger partial charge in [0.25, 0.3) is 0 Å². The number of aromatic amines is 2. The van der Waals surface area contributed by atoms with Gasteiger partial charge < -0.3 is 20.1 Å². The van der Waals surface area contributed by atoms with Crippen LogP contribution in [0, 0.1) is 0 Å². The van der Waals surface area contributed by atoms with Crippen LogP contribution >= 0.6 is 0 Å². The van der Waals surface area contributed by atoms with Crippen LogP contribution in [0.2, 0.25) is 0 Å². The Kier molecular flexibility index (Phi) is 6.23. The van der Waals surface area contributed by atoms with Gasteiger partial charge in [0.1, 0.15) is 5.69 Å². The number of imidazole rings is 1. The predicted molar refractivity (Wildman–Crippen MR) is 157 cm³/mol. The molecule has 1 saturated heterocycles. The summed E-state index contributed by atoms with van der Waals surface area (Å²) in [6.07, 6.45) is 11.0. The fraction of sp³-hybridized carbons (Fsp3) is 0.276. The Morgan fingerprint density at radius 2 is 1.85 bits per heavy atom. The predicted octanol–water partition coefficient (Wildman–Crippen LogP) is 3.14. The quantitative estimate of drug-likeness (QED) is 0.314. The number of urea groups is 1. The minimum absolute atomic E-state index is 0.0574. The van der Waals surface area contributed by atoms with Gasteiger partial charge in [-0.2, -0.15) is 5.10 Å². The van der Waals surface area contributed by atoms with Crippen LogP contribution in [0.4, 0.5) is 4.79 Å². The molecule has 5 aromatic heterocycles. The minimum Gasteiger partial charge on any atom is -0.335 e. The van der Waals surface area contributed by atoms with E-state index in [2.05, 4.69) is 58.5 Å². The summed E-state index contributed by atoms with van der Waals surface area (Å²) in [6.45, 7) is 5.18. The summed E-state index contributed by atoms with van der Waals surface area (Å²) in [7, 11) is 2.07. The molecule has 206 valence electrons. The average molecular weight is 548 g/mol. The molecule has 12 heteroatoms. The fourth-order valence-corrected chi connectivity index (χ4v) is 5.28. The van der Waals surface area contributed by atoms with E-state index in [1.807, 2.05) is 42.3 Å². The van der Waals surface area contributed by atoms with Crippen molar-refractivity contribution in [1.82, 2.24) is 50.2 Å². The molecule has 0 bridgehead atoms. The van der Waals surface area contributed by atoms with Crippen molar-refractivity contribution in [2.24, 2.45) is 4.99 Å². The van der Waals surface area contributed by atoms with Gasteiger partial charge in [-0.05, 0) is 49.4 Å². The van der Waals surface area contributed by atoms with Crippen molar-refractivity contribution < 1.29 is 4.79 Å². The number of carbonyl (C=O) groups is 1. The van der Waals surface area contributed by atoms with Crippen molar-refractivity contribution in [2.45, 2.75) is 19.0 Å². The van der Waals surface area contributed by atoms with E-state index in [1.165, 1.54) is 0 Å². The molecule has 0 saturated carbocycles. The molecule has 2 amide bonds. The standard InChI is InChI=1S/C29H29N11O/c1-17-23(34-29(41)40-11-9-39(2)10-12-40)14-20(15-32-17)19-13-22-25(37-38-26(22)33-16-19)28-35-24-21(5-8-31-27(24)36-28)18-3-6-30-7-4-18/h3-8,13-17,23H,9-12H2,1-2H3,(H,34,41)(H,31,35,36)(H,33,37,38). The Morgan fingerprint density at radius 3 is 2.68 bits per heavy atom. The van der Waals surface area contributed by atoms with Gasteiger partial charge in [-0.15, -0.1) is 0 Å². The number of amides is 2. The van der Waals surface area contributed by atoms with E-state index in [0.717, 1.165) is 51.9 Å². The Hall–Kier alpha value is -4.97. The van der Waals surface area contributed by atoms with Crippen LogP contribution in [-0.4, -0.2) is 102 Å². The zero-order valence-electron chi connectivity index (χ0n) is 22.7. The second-order valence-corrected chi connectivity index (χ2v) is 10.5. The number of aliphatic imine (C=N–C) groups is 1. The molecular weight excluding hydrogens is 518 g/mol. The maximum Gasteiger partial charge on any atom is 0.318 e. The number of H-pyrrole nitrogens is 2. The van der Waals surface area contributed by atoms with E-state index >= 15 is 0 Å². The van der Waals surface area contributed by atoms with Crippen LogP contribution in [0.25, 0.3) is 50.4 Å². The van der Waals surface area contributed by atoms with Crippen LogP contribution in [-0.2, 0) is 0 Å². The maximum absolute atomic E-state index is 13.0. The highest BCUT2D eigenvalue weighted by molar-refractivity contribution is 6.12. The molecule has 12 nitrogen and oxygen atoms in total. The lowest BCUT2D eigenvalue weighted by molar-refractivity contribution is 0.152. The van der Waals surface area contributed by atoms with Crippen LogP contribution < -0.4 is 5.32 Å². The van der Waals surface area contributed by atoms with Gasteiger partial charge in [-0.3, -0.25) is 15.1 Å². The SMILES string of the molecule is CC1N=CC(c2cnc3n[nH]c(-c4nc5nccc(-c6ccncc6)c5[nH]4)c3c2)=CC1NC(=O)N1CCN(C)CC1. The number of piperazine rings is 1. The molecule has 3 N–H and O–H groups in total. The second kappa shape index (κ2) is 10.2. The molecule has 7 rings (SSSR count). The summed E-state index contributed by atoms with van der Waals surface area (Å²) >= 11 is 0. The summed E-state index contributed by atoms with van der Waals surface area (Å²) in [4.78, 5) is 43.1. The fourth-order valence-electron chi connectivity index (χ4n) is 5.28. The third-order valence-electron chi connectivity index (χ3n) is 7.77. The molecule has 2 atom stereocenters. The smallest absolute Gasteiger partial charge is 0.318 e. The zero-order chi connectivity index (χ0) is 27.9. The van der Waals surface area contributed by atoms with Crippen LogP contribution in [0.1, 0.15) is 12.5 Å². The number of nitrogens with one attached hydrogen (secondary N) is 3. The van der Waals surface area contributed by atoms with E-state index in [1.54, 1.807) is 24.8 Å². The summed E-state index contributed by atoms with van der Waals surface area (Å²) in [5.74, 6) is 0.618. The Bertz CT molecular complexity index is 1800. The number of nitrogens with zero attached hydrogens (tertiary/aromatic N) is 8. The molecule has 2 unspecified atom stereocenters. The molecule has 0 aromatic carbocycles. The molecule has 7 heterocycles. The van der Waals surface area contributed by atoms with Crippen LogP contribution in [0.15, 0.2) is 60.1 Å². The molecule has 5 aromatic rings. The number of hydrogen-bond donors (Lipinski definition) is 3. The van der Waals surface area contributed by atoms with Gasteiger partial charge >= 0.3 is 6.03 Å². The summed E-state index contributed by atoms with van der Waals surface area (Å²) in [5, 5.41) is 11.5. The lowest BCUT2D eigenvalue weighted by atomic mass is 9.98. The van der Waals surface area contributed by atoms with E-state index in [-0.39, 0.29) is 18.1 Å². The molecule has 2 aliphatic heterocycles. The van der Waals surface area contributed by atoms with E-state index in [9.17, 15) is 4.79 Å². The highest BCUT2D eigenvalue weighted by atomic mass is 16.2. The highest BCUT2D eigenvalue weighted by Gasteiger charge is 2.26. The van der Waals surface area contributed by atoms with Gasteiger partial charge in [-0.25, -0.2) is 19.7 Å². The van der Waals surface area contributed by atoms with Crippen LogP contribution in [0.5, 0.6) is 0 Å². The Balaban J connectivity index is 1.20. The van der Waals surface area contributed by atoms with Crippen molar-refractivity contribution in [1.29, 1.82) is 0 Å². The van der Waals surface area contributed by atoms with Crippen LogP contribution in [0.3, 0.4) is 0 Å². The monoisotopic (exact) mass is 547 g/mol. The first-order valence-corrected chi connectivity index (χ1v) is 13.6. The number of dihydropyridines is 1. The van der Waals surface area contributed by atoms with Crippen molar-refractivity contribution in [3.05, 3.63) is 60.7 Å². The number of hydrogen-bond acceptors (Lipinski definition) is 8. The number of aromatic nitrogens is 7. The number of fused-ring (bicyclic) bond motifs is 2. The van der Waals surface area contributed by atoms with Gasteiger partial charge in [0, 0.05) is 68.3 Å². The normalized spacial score (nSPS) is 19.6. The maximum atomic E-state index is 13.0. The topological polar surface area (TPSA) is 144 Å². The molecule has 2 aliphatic rings. The Morgan fingerprint density at radius 1 is 1.02 bits per heavy atom. The minimum atomic E-state index is -0.227. The van der Waals surface area contributed by atoms with Gasteiger partial charge in [-0.1, -0.05) is 6.08 Å². The molecular formula is C29H29N11O. The van der Waals surface area contributed by atoms with Gasteiger partial charge in [0.15, 0.2) is 17.1 Å². The molecule has 41 heavy (non-hydrogen) atoms. The summed E-state index contributed by atoms with van der Waals surface area (Å²) in [5.41, 5.74) is 6.50. The lowest BCUT2D eigenvalue weighted by Gasteiger charge is -2.34. The van der Waals surface area contributed by atoms with Gasteiger partial charge in [0.2, 0.25) is 0 Å². The Labute approximate surface area is 235 Å². The number of carbonyl (C=O) groups excluding carboxylic acids is 1. The first-order valence-electron chi connectivity index (χ1n) is 13.6. The van der Waals surface area contributed by atoms with E-state index < -0.39 is 0 Å². The number of pyridine rings is 3. The highest BCUT2D eigenvalue weighted by Crippen LogP contribution is 2.31. The van der Waals surface area contributed by atoms with Gasteiger partial charge in [0.05, 0.1) is 23.0 Å². The lowest BCUT2D eigenvalue weighted by Crippen LogP contribution is -2.54.